The van der Waals surface area contributed by atoms with Crippen molar-refractivity contribution >= 4 is 34.8 Å². The highest BCUT2D eigenvalue weighted by Crippen LogP contribution is 2.16. The van der Waals surface area contributed by atoms with Gasteiger partial charge in [-0.15, -0.1) is 11.3 Å². The summed E-state index contributed by atoms with van der Waals surface area (Å²) >= 11 is 1.33. The molecule has 0 aliphatic carbocycles. The SMILES string of the molecule is Cc1ccc(C(=O)NCC(=O)OCc2csc(CC(=O)Nc3ccccc3C)n2)cc1C. The monoisotopic (exact) mass is 451 g/mol. The Kier molecular flexibility index (Phi) is 7.72. The van der Waals surface area contributed by atoms with Crippen molar-refractivity contribution in [1.82, 2.24) is 10.3 Å². The third-order valence-electron chi connectivity index (χ3n) is 4.87. The van der Waals surface area contributed by atoms with E-state index in [-0.39, 0.29) is 31.4 Å². The second-order valence-corrected chi connectivity index (χ2v) is 8.36. The van der Waals surface area contributed by atoms with Gasteiger partial charge in [-0.2, -0.15) is 0 Å². The zero-order valence-corrected chi connectivity index (χ0v) is 19.0. The molecule has 0 atom stereocenters. The summed E-state index contributed by atoms with van der Waals surface area (Å²) < 4.78 is 5.18. The number of aromatic nitrogens is 1. The summed E-state index contributed by atoms with van der Waals surface area (Å²) in [6.07, 6.45) is 0.138. The second kappa shape index (κ2) is 10.7. The first kappa shape index (κ1) is 23.1. The first-order chi connectivity index (χ1) is 15.3. The summed E-state index contributed by atoms with van der Waals surface area (Å²) in [4.78, 5) is 40.7. The van der Waals surface area contributed by atoms with Crippen LogP contribution in [0, 0.1) is 20.8 Å². The lowest BCUT2D eigenvalue weighted by molar-refractivity contribution is -0.143. The van der Waals surface area contributed by atoms with Crippen LogP contribution in [0.3, 0.4) is 0 Å². The molecular formula is C24H25N3O4S. The van der Waals surface area contributed by atoms with Crippen molar-refractivity contribution < 1.29 is 19.1 Å². The molecule has 166 valence electrons. The number of aryl methyl sites for hydroxylation is 3. The van der Waals surface area contributed by atoms with Crippen LogP contribution in [0.15, 0.2) is 47.8 Å². The van der Waals surface area contributed by atoms with Gasteiger partial charge in [-0.25, -0.2) is 4.98 Å². The molecule has 1 heterocycles. The summed E-state index contributed by atoms with van der Waals surface area (Å²) in [5.41, 5.74) is 4.91. The molecule has 2 aromatic carbocycles. The van der Waals surface area contributed by atoms with E-state index in [0.29, 0.717) is 16.3 Å². The van der Waals surface area contributed by atoms with Gasteiger partial charge < -0.3 is 15.4 Å². The van der Waals surface area contributed by atoms with Gasteiger partial charge in [-0.05, 0) is 55.7 Å². The molecule has 0 saturated carbocycles. The average molecular weight is 452 g/mol. The average Bonchev–Trinajstić information content (AvgIpc) is 3.21. The third kappa shape index (κ3) is 6.49. The van der Waals surface area contributed by atoms with Crippen LogP contribution in [-0.2, 0) is 27.4 Å². The van der Waals surface area contributed by atoms with E-state index >= 15 is 0 Å². The van der Waals surface area contributed by atoms with Gasteiger partial charge in [-0.1, -0.05) is 24.3 Å². The number of nitrogens with zero attached hydrogens (tertiary/aromatic N) is 1. The fraction of sp³-hybridized carbons (Fsp3) is 0.250. The fourth-order valence-electron chi connectivity index (χ4n) is 2.88. The summed E-state index contributed by atoms with van der Waals surface area (Å²) in [6.45, 7) is 5.56. The van der Waals surface area contributed by atoms with E-state index in [1.165, 1.54) is 11.3 Å². The van der Waals surface area contributed by atoms with Crippen molar-refractivity contribution in [3.05, 3.63) is 80.8 Å². The maximum Gasteiger partial charge on any atom is 0.325 e. The maximum atomic E-state index is 12.2. The molecule has 32 heavy (non-hydrogen) atoms. The van der Waals surface area contributed by atoms with E-state index in [2.05, 4.69) is 15.6 Å². The Hall–Kier alpha value is -3.52. The number of ether oxygens (including phenoxy) is 1. The topological polar surface area (TPSA) is 97.4 Å². The third-order valence-corrected chi connectivity index (χ3v) is 5.77. The number of thiazole rings is 1. The predicted molar refractivity (Wildman–Crippen MR) is 124 cm³/mol. The van der Waals surface area contributed by atoms with Crippen molar-refractivity contribution in [2.24, 2.45) is 0 Å². The zero-order valence-electron chi connectivity index (χ0n) is 18.2. The van der Waals surface area contributed by atoms with Crippen LogP contribution in [0.5, 0.6) is 0 Å². The minimum atomic E-state index is -0.561. The molecule has 0 bridgehead atoms. The molecular weight excluding hydrogens is 426 g/mol. The van der Waals surface area contributed by atoms with Gasteiger partial charge in [0, 0.05) is 16.6 Å². The Morgan fingerprint density at radius 2 is 1.78 bits per heavy atom. The highest BCUT2D eigenvalue weighted by Gasteiger charge is 2.12. The van der Waals surface area contributed by atoms with Crippen LogP contribution in [0.25, 0.3) is 0 Å². The predicted octanol–water partition coefficient (Wildman–Crippen LogP) is 3.72. The van der Waals surface area contributed by atoms with Gasteiger partial charge in [0.2, 0.25) is 5.91 Å². The van der Waals surface area contributed by atoms with Crippen molar-refractivity contribution in [3.63, 3.8) is 0 Å². The summed E-state index contributed by atoms with van der Waals surface area (Å²) in [5.74, 6) is -1.05. The molecule has 7 nitrogen and oxygen atoms in total. The van der Waals surface area contributed by atoms with Gasteiger partial charge in [-0.3, -0.25) is 14.4 Å². The minimum absolute atomic E-state index is 0.0196. The number of nitrogens with one attached hydrogen (secondary N) is 2. The number of anilines is 1. The van der Waals surface area contributed by atoms with Crippen molar-refractivity contribution in [2.75, 3.05) is 11.9 Å². The maximum absolute atomic E-state index is 12.2. The summed E-state index contributed by atoms with van der Waals surface area (Å²) in [6, 6.07) is 12.9. The van der Waals surface area contributed by atoms with Gasteiger partial charge >= 0.3 is 5.97 Å². The molecule has 0 radical (unpaired) electrons. The molecule has 1 aromatic heterocycles. The van der Waals surface area contributed by atoms with E-state index in [9.17, 15) is 14.4 Å². The van der Waals surface area contributed by atoms with E-state index in [4.69, 9.17) is 4.74 Å². The fourth-order valence-corrected chi connectivity index (χ4v) is 3.66. The van der Waals surface area contributed by atoms with E-state index in [1.807, 2.05) is 51.1 Å². The molecule has 0 aliphatic rings. The highest BCUT2D eigenvalue weighted by atomic mass is 32.1. The summed E-state index contributed by atoms with van der Waals surface area (Å²) in [5, 5.41) is 7.80. The van der Waals surface area contributed by atoms with Crippen LogP contribution in [0.1, 0.15) is 37.7 Å². The molecule has 0 fully saturated rings. The van der Waals surface area contributed by atoms with E-state index in [1.54, 1.807) is 17.5 Å². The van der Waals surface area contributed by atoms with Gasteiger partial charge in [0.1, 0.15) is 18.2 Å². The quantitative estimate of drug-likeness (QED) is 0.509. The smallest absolute Gasteiger partial charge is 0.325 e. The standard InChI is InChI=1S/C24H25N3O4S/c1-15-8-9-18(10-17(15)3)24(30)25-12-23(29)31-13-19-14-32-22(26-19)11-21(28)27-20-7-5-4-6-16(20)2/h4-10,14H,11-13H2,1-3H3,(H,25,30)(H,27,28). The van der Waals surface area contributed by atoms with Crippen LogP contribution in [0.2, 0.25) is 0 Å². The number of hydrogen-bond acceptors (Lipinski definition) is 6. The molecule has 0 saturated heterocycles. The first-order valence-corrected chi connectivity index (χ1v) is 11.0. The van der Waals surface area contributed by atoms with Gasteiger partial charge in [0.05, 0.1) is 12.1 Å². The highest BCUT2D eigenvalue weighted by molar-refractivity contribution is 7.09. The lowest BCUT2D eigenvalue weighted by atomic mass is 10.1. The van der Waals surface area contributed by atoms with Crippen LogP contribution < -0.4 is 10.6 Å². The van der Waals surface area contributed by atoms with Crippen LogP contribution >= 0.6 is 11.3 Å². The number of benzene rings is 2. The largest absolute Gasteiger partial charge is 0.458 e. The Morgan fingerprint density at radius 1 is 1.00 bits per heavy atom. The van der Waals surface area contributed by atoms with Gasteiger partial charge in [0.25, 0.3) is 5.91 Å². The Morgan fingerprint density at radius 3 is 2.53 bits per heavy atom. The number of esters is 1. The minimum Gasteiger partial charge on any atom is -0.458 e. The van der Waals surface area contributed by atoms with Crippen LogP contribution in [-0.4, -0.2) is 29.3 Å². The molecule has 0 aliphatic heterocycles. The Bertz CT molecular complexity index is 1140. The van der Waals surface area contributed by atoms with E-state index < -0.39 is 5.97 Å². The number of rotatable bonds is 8. The van der Waals surface area contributed by atoms with Crippen LogP contribution in [0.4, 0.5) is 5.69 Å². The molecule has 2 N–H and O–H groups in total. The molecule has 3 rings (SSSR count). The molecule has 8 heteroatoms. The second-order valence-electron chi connectivity index (χ2n) is 7.41. The number of para-hydroxylation sites is 1. The molecule has 3 aromatic rings. The zero-order chi connectivity index (χ0) is 23.1. The Balaban J connectivity index is 1.42. The lowest BCUT2D eigenvalue weighted by Crippen LogP contribution is -2.30. The molecule has 0 spiro atoms. The number of carbonyl (C=O) groups excluding carboxylic acids is 3. The Labute approximate surface area is 190 Å². The molecule has 0 unspecified atom stereocenters. The van der Waals surface area contributed by atoms with Crippen molar-refractivity contribution in [1.29, 1.82) is 0 Å². The normalized spacial score (nSPS) is 10.5. The van der Waals surface area contributed by atoms with E-state index in [0.717, 1.165) is 22.4 Å². The lowest BCUT2D eigenvalue weighted by Gasteiger charge is -2.07. The van der Waals surface area contributed by atoms with Gasteiger partial charge in [0.15, 0.2) is 0 Å². The first-order valence-electron chi connectivity index (χ1n) is 10.1. The number of carbonyl (C=O) groups is 3. The molecule has 2 amide bonds. The summed E-state index contributed by atoms with van der Waals surface area (Å²) in [7, 11) is 0. The number of hydrogen-bond donors (Lipinski definition) is 2. The van der Waals surface area contributed by atoms with Crippen molar-refractivity contribution in [2.45, 2.75) is 33.8 Å². The number of amides is 2. The van der Waals surface area contributed by atoms with Crippen molar-refractivity contribution in [3.8, 4) is 0 Å².